The molecule has 0 saturated carbocycles. The van der Waals surface area contributed by atoms with Crippen molar-refractivity contribution in [3.63, 3.8) is 0 Å². The second kappa shape index (κ2) is 7.58. The topological polar surface area (TPSA) is 76.3 Å². The molecule has 1 saturated heterocycles. The van der Waals surface area contributed by atoms with Gasteiger partial charge in [0.15, 0.2) is 0 Å². The summed E-state index contributed by atoms with van der Waals surface area (Å²) < 4.78 is 0. The van der Waals surface area contributed by atoms with Crippen LogP contribution < -0.4 is 10.6 Å². The lowest BCUT2D eigenvalue weighted by Gasteiger charge is -2.37. The van der Waals surface area contributed by atoms with Gasteiger partial charge in [-0.15, -0.1) is 11.3 Å². The highest BCUT2D eigenvalue weighted by Crippen LogP contribution is 2.25. The van der Waals surface area contributed by atoms with Gasteiger partial charge in [-0.1, -0.05) is 6.07 Å². The zero-order chi connectivity index (χ0) is 16.1. The van der Waals surface area contributed by atoms with E-state index >= 15 is 0 Å². The van der Waals surface area contributed by atoms with Gasteiger partial charge in [0.05, 0.1) is 17.9 Å². The Morgan fingerprint density at radius 3 is 2.91 bits per heavy atom. The summed E-state index contributed by atoms with van der Waals surface area (Å²) in [7, 11) is 2.15. The van der Waals surface area contributed by atoms with E-state index in [4.69, 9.17) is 0 Å². The number of carbonyl (C=O) groups is 1. The summed E-state index contributed by atoms with van der Waals surface area (Å²) in [5.41, 5.74) is 0.662. The van der Waals surface area contributed by atoms with Crippen molar-refractivity contribution in [3.8, 4) is 0 Å². The van der Waals surface area contributed by atoms with E-state index < -0.39 is 0 Å². The maximum Gasteiger partial charge on any atom is 0.319 e. The molecular formula is C15H22N6OS. The number of thiophene rings is 1. The molecule has 8 heteroatoms. The molecule has 1 atom stereocenters. The number of likely N-dealkylation sites (N-methyl/N-ethyl adjacent to an activating group) is 1. The van der Waals surface area contributed by atoms with Crippen LogP contribution in [0.2, 0.25) is 0 Å². The Kier molecular flexibility index (Phi) is 5.27. The van der Waals surface area contributed by atoms with Crippen molar-refractivity contribution in [2.45, 2.75) is 6.04 Å². The van der Waals surface area contributed by atoms with Crippen molar-refractivity contribution in [1.82, 2.24) is 25.3 Å². The maximum absolute atomic E-state index is 12.0. The Labute approximate surface area is 139 Å². The Morgan fingerprint density at radius 2 is 2.26 bits per heavy atom. The molecule has 1 fully saturated rings. The van der Waals surface area contributed by atoms with Crippen LogP contribution in [-0.2, 0) is 0 Å². The largest absolute Gasteiger partial charge is 0.336 e. The monoisotopic (exact) mass is 334 g/mol. The number of carbonyl (C=O) groups excluding carboxylic acids is 1. The van der Waals surface area contributed by atoms with Crippen molar-refractivity contribution in [3.05, 3.63) is 34.8 Å². The lowest BCUT2D eigenvalue weighted by molar-refractivity contribution is 0.113. The molecule has 3 rings (SSSR count). The highest BCUT2D eigenvalue weighted by Gasteiger charge is 2.25. The van der Waals surface area contributed by atoms with Gasteiger partial charge in [-0.3, -0.25) is 10.00 Å². The van der Waals surface area contributed by atoms with E-state index in [1.807, 2.05) is 0 Å². The van der Waals surface area contributed by atoms with Crippen molar-refractivity contribution in [1.29, 1.82) is 0 Å². The first-order valence-electron chi connectivity index (χ1n) is 7.72. The molecular weight excluding hydrogens is 312 g/mol. The number of hydrogen-bond donors (Lipinski definition) is 3. The normalized spacial score (nSPS) is 17.8. The van der Waals surface area contributed by atoms with Gasteiger partial charge in [-0.05, 0) is 18.5 Å². The molecule has 1 unspecified atom stereocenters. The van der Waals surface area contributed by atoms with Gasteiger partial charge >= 0.3 is 6.03 Å². The van der Waals surface area contributed by atoms with Gasteiger partial charge in [0, 0.05) is 43.8 Å². The highest BCUT2D eigenvalue weighted by atomic mass is 32.1. The Morgan fingerprint density at radius 1 is 1.43 bits per heavy atom. The van der Waals surface area contributed by atoms with E-state index in [1.165, 1.54) is 4.88 Å². The summed E-state index contributed by atoms with van der Waals surface area (Å²) in [6.07, 6.45) is 3.23. The Balaban J connectivity index is 1.59. The third-order valence-electron chi connectivity index (χ3n) is 4.06. The van der Waals surface area contributed by atoms with E-state index in [1.54, 1.807) is 23.7 Å². The second-order valence-electron chi connectivity index (χ2n) is 5.69. The number of urea groups is 1. The number of nitrogens with zero attached hydrogens (tertiary/aromatic N) is 3. The van der Waals surface area contributed by atoms with Gasteiger partial charge in [0.25, 0.3) is 0 Å². The Hall–Kier alpha value is -1.90. The number of nitrogens with one attached hydrogen (secondary N) is 3. The molecule has 3 N–H and O–H groups in total. The predicted molar refractivity (Wildman–Crippen MR) is 91.7 cm³/mol. The fraction of sp³-hybridized carbons (Fsp3) is 0.467. The SMILES string of the molecule is CN1CCN(C(CNC(=O)Nc2cn[nH]c2)c2cccs2)CC1. The fourth-order valence-electron chi connectivity index (χ4n) is 2.71. The van der Waals surface area contributed by atoms with Crippen LogP contribution >= 0.6 is 11.3 Å². The van der Waals surface area contributed by atoms with Crippen molar-refractivity contribution < 1.29 is 4.79 Å². The molecule has 23 heavy (non-hydrogen) atoms. The van der Waals surface area contributed by atoms with Crippen molar-refractivity contribution in [2.75, 3.05) is 45.1 Å². The van der Waals surface area contributed by atoms with Crippen LogP contribution in [0, 0.1) is 0 Å². The average molecular weight is 334 g/mol. The minimum atomic E-state index is -0.206. The second-order valence-corrected chi connectivity index (χ2v) is 6.67. The van der Waals surface area contributed by atoms with Crippen LogP contribution in [0.3, 0.4) is 0 Å². The van der Waals surface area contributed by atoms with E-state index in [-0.39, 0.29) is 12.1 Å². The maximum atomic E-state index is 12.0. The summed E-state index contributed by atoms with van der Waals surface area (Å²) in [5, 5.41) is 14.3. The smallest absolute Gasteiger partial charge is 0.319 e. The highest BCUT2D eigenvalue weighted by molar-refractivity contribution is 7.10. The minimum Gasteiger partial charge on any atom is -0.336 e. The molecule has 0 bridgehead atoms. The first-order chi connectivity index (χ1) is 11.2. The van der Waals surface area contributed by atoms with Crippen LogP contribution in [-0.4, -0.2) is 65.8 Å². The lowest BCUT2D eigenvalue weighted by atomic mass is 10.1. The molecule has 0 aliphatic carbocycles. The van der Waals surface area contributed by atoms with E-state index in [0.717, 1.165) is 26.2 Å². The van der Waals surface area contributed by atoms with E-state index in [9.17, 15) is 4.79 Å². The van der Waals surface area contributed by atoms with Gasteiger partial charge in [0.1, 0.15) is 0 Å². The van der Waals surface area contributed by atoms with Gasteiger partial charge in [-0.2, -0.15) is 5.10 Å². The lowest BCUT2D eigenvalue weighted by Crippen LogP contribution is -2.48. The number of piperazine rings is 1. The molecule has 1 aliphatic rings. The van der Waals surface area contributed by atoms with E-state index in [0.29, 0.717) is 12.2 Å². The van der Waals surface area contributed by atoms with Gasteiger partial charge in [-0.25, -0.2) is 4.79 Å². The number of aromatic amines is 1. The summed E-state index contributed by atoms with van der Waals surface area (Å²) in [4.78, 5) is 18.1. The standard InChI is InChI=1S/C15H22N6OS/c1-20-4-6-21(7-5-20)13(14-3-2-8-23-14)11-16-15(22)19-12-9-17-18-10-12/h2-3,8-10,13H,4-7,11H2,1H3,(H,17,18)(H2,16,19,22). The van der Waals surface area contributed by atoms with Crippen LogP contribution in [0.5, 0.6) is 0 Å². The number of amides is 2. The third kappa shape index (κ3) is 4.31. The van der Waals surface area contributed by atoms with Crippen LogP contribution in [0.25, 0.3) is 0 Å². The Bertz CT molecular complexity index is 592. The predicted octanol–water partition coefficient (Wildman–Crippen LogP) is 1.58. The first-order valence-corrected chi connectivity index (χ1v) is 8.60. The number of aromatic nitrogens is 2. The third-order valence-corrected chi connectivity index (χ3v) is 5.04. The molecule has 124 valence electrons. The van der Waals surface area contributed by atoms with Crippen LogP contribution in [0.1, 0.15) is 10.9 Å². The molecule has 2 aromatic heterocycles. The molecule has 2 aromatic rings. The van der Waals surface area contributed by atoms with Crippen molar-refractivity contribution >= 4 is 23.1 Å². The fourth-order valence-corrected chi connectivity index (χ4v) is 3.57. The number of H-pyrrole nitrogens is 1. The van der Waals surface area contributed by atoms with Gasteiger partial charge < -0.3 is 15.5 Å². The summed E-state index contributed by atoms with van der Waals surface area (Å²) in [6, 6.07) is 4.22. The van der Waals surface area contributed by atoms with Crippen LogP contribution in [0.15, 0.2) is 29.9 Å². The first kappa shape index (κ1) is 16.0. The summed E-state index contributed by atoms with van der Waals surface area (Å²) >= 11 is 1.74. The van der Waals surface area contributed by atoms with Gasteiger partial charge in [0.2, 0.25) is 0 Å². The van der Waals surface area contributed by atoms with E-state index in [2.05, 4.69) is 55.2 Å². The molecule has 1 aliphatic heterocycles. The summed E-state index contributed by atoms with van der Waals surface area (Å²) in [5.74, 6) is 0. The quantitative estimate of drug-likeness (QED) is 0.776. The molecule has 0 aromatic carbocycles. The van der Waals surface area contributed by atoms with Crippen LogP contribution in [0.4, 0.5) is 10.5 Å². The molecule has 3 heterocycles. The zero-order valence-electron chi connectivity index (χ0n) is 13.2. The average Bonchev–Trinajstić information content (AvgIpc) is 3.23. The number of rotatable bonds is 5. The number of hydrogen-bond acceptors (Lipinski definition) is 5. The molecule has 0 radical (unpaired) electrons. The zero-order valence-corrected chi connectivity index (χ0v) is 14.0. The molecule has 7 nitrogen and oxygen atoms in total. The minimum absolute atomic E-state index is 0.206. The molecule has 0 spiro atoms. The van der Waals surface area contributed by atoms with Crippen molar-refractivity contribution in [2.24, 2.45) is 0 Å². The molecule has 2 amide bonds. The summed E-state index contributed by atoms with van der Waals surface area (Å²) in [6.45, 7) is 4.74. The number of anilines is 1.